The first-order valence-electron chi connectivity index (χ1n) is 2.13. The fourth-order valence-electron chi connectivity index (χ4n) is 0.201. The maximum absolute atomic E-state index is 10.3. The lowest BCUT2D eigenvalue weighted by molar-refractivity contribution is -0.113. The first-order valence-corrected chi connectivity index (χ1v) is 3.77. The third-order valence-corrected chi connectivity index (χ3v) is 1.95. The molecule has 0 aliphatic heterocycles. The molecule has 0 heterocycles. The van der Waals surface area contributed by atoms with E-state index in [1.807, 2.05) is 0 Å². The molecule has 0 rings (SSSR count). The fraction of sp³-hybridized carbons (Fsp3) is 0.750. The van der Waals surface area contributed by atoms with E-state index in [-0.39, 0.29) is 11.2 Å². The zero-order valence-electron chi connectivity index (χ0n) is 4.17. The highest BCUT2D eigenvalue weighted by Crippen LogP contribution is 2.05. The van der Waals surface area contributed by atoms with Crippen molar-refractivity contribution in [1.82, 2.24) is 0 Å². The van der Waals surface area contributed by atoms with E-state index < -0.39 is 0 Å². The van der Waals surface area contributed by atoms with Crippen molar-refractivity contribution in [3.8, 4) is 0 Å². The quantitative estimate of drug-likeness (QED) is 0.482. The third kappa shape index (κ3) is 2.84. The molecule has 1 nitrogen and oxygen atoms in total. The van der Waals surface area contributed by atoms with E-state index in [2.05, 4.69) is 25.3 Å². The normalized spacial score (nSPS) is 10.0. The molecular weight excluding hydrogens is 164 g/mol. The molecule has 0 aliphatic rings. The van der Waals surface area contributed by atoms with Crippen molar-refractivity contribution in [3.05, 3.63) is 0 Å². The lowest BCUT2D eigenvalue weighted by Gasteiger charge is -2.01. The van der Waals surface area contributed by atoms with E-state index in [9.17, 15) is 4.79 Å². The molecule has 0 N–H and O–H groups in total. The van der Waals surface area contributed by atoms with Crippen LogP contribution in [-0.2, 0) is 4.79 Å². The van der Waals surface area contributed by atoms with Crippen LogP contribution in [0.3, 0.4) is 0 Å². The lowest BCUT2D eigenvalue weighted by Crippen LogP contribution is -2.11. The number of rotatable bonds is 3. The monoisotopic (exact) mass is 170 g/mol. The number of hydrogen-bond donors (Lipinski definition) is 2. The van der Waals surface area contributed by atoms with Gasteiger partial charge in [-0.3, -0.25) is 4.79 Å². The third-order valence-electron chi connectivity index (χ3n) is 0.762. The summed E-state index contributed by atoms with van der Waals surface area (Å²) in [6.45, 7) is 0. The van der Waals surface area contributed by atoms with Gasteiger partial charge in [0.1, 0.15) is 0 Å². The summed E-state index contributed by atoms with van der Waals surface area (Å²) in [5.74, 6) is 0.765. The topological polar surface area (TPSA) is 17.1 Å². The van der Waals surface area contributed by atoms with Crippen LogP contribution in [0, 0.1) is 5.92 Å². The molecule has 4 heteroatoms. The molecular formula is C4H7ClOS2. The van der Waals surface area contributed by atoms with Gasteiger partial charge in [0.25, 0.3) is 0 Å². The van der Waals surface area contributed by atoms with Crippen LogP contribution in [0.5, 0.6) is 0 Å². The van der Waals surface area contributed by atoms with Gasteiger partial charge in [-0.05, 0) is 11.6 Å². The van der Waals surface area contributed by atoms with E-state index >= 15 is 0 Å². The number of thiol groups is 2. The molecule has 0 amide bonds. The summed E-state index contributed by atoms with van der Waals surface area (Å²) in [4.78, 5) is 10.3. The largest absolute Gasteiger partial charge is 0.281 e. The highest BCUT2D eigenvalue weighted by molar-refractivity contribution is 7.81. The Morgan fingerprint density at radius 3 is 1.88 bits per heavy atom. The molecule has 0 aromatic rings. The summed E-state index contributed by atoms with van der Waals surface area (Å²) in [5.41, 5.74) is 0. The molecule has 0 spiro atoms. The van der Waals surface area contributed by atoms with Gasteiger partial charge in [0.2, 0.25) is 5.24 Å². The Balaban J connectivity index is 3.52. The maximum Gasteiger partial charge on any atom is 0.226 e. The van der Waals surface area contributed by atoms with Gasteiger partial charge >= 0.3 is 0 Å². The Kier molecular flexibility index (Phi) is 4.90. The Morgan fingerprint density at radius 2 is 1.88 bits per heavy atom. The maximum atomic E-state index is 10.3. The zero-order chi connectivity index (χ0) is 6.57. The van der Waals surface area contributed by atoms with Gasteiger partial charge in [-0.25, -0.2) is 0 Å². The van der Waals surface area contributed by atoms with Crippen LogP contribution in [0.4, 0.5) is 0 Å². The Labute approximate surface area is 64.6 Å². The van der Waals surface area contributed by atoms with Crippen LogP contribution in [0.25, 0.3) is 0 Å². The zero-order valence-corrected chi connectivity index (χ0v) is 6.72. The molecule has 0 saturated carbocycles. The highest BCUT2D eigenvalue weighted by Gasteiger charge is 2.10. The average molecular weight is 171 g/mol. The van der Waals surface area contributed by atoms with Gasteiger partial charge in [0, 0.05) is 11.5 Å². The van der Waals surface area contributed by atoms with Gasteiger partial charge in [-0.2, -0.15) is 25.3 Å². The van der Waals surface area contributed by atoms with E-state index in [1.165, 1.54) is 0 Å². The first kappa shape index (κ1) is 8.66. The lowest BCUT2D eigenvalue weighted by atomic mass is 10.2. The van der Waals surface area contributed by atoms with Gasteiger partial charge < -0.3 is 0 Å². The first-order chi connectivity index (χ1) is 3.72. The van der Waals surface area contributed by atoms with Crippen LogP contribution in [0.2, 0.25) is 0 Å². The summed E-state index contributed by atoms with van der Waals surface area (Å²) in [7, 11) is 0. The standard InChI is InChI=1S/C4H7ClOS2/c5-4(6)3(1-7)2-8/h3,7-8H,1-2H2. The second-order valence-corrected chi connectivity index (χ2v) is 2.47. The Morgan fingerprint density at radius 1 is 1.50 bits per heavy atom. The molecule has 0 aliphatic carbocycles. The second kappa shape index (κ2) is 4.53. The minimum Gasteiger partial charge on any atom is -0.281 e. The van der Waals surface area contributed by atoms with Gasteiger partial charge in [0.15, 0.2) is 0 Å². The SMILES string of the molecule is O=C(Cl)C(CS)CS. The van der Waals surface area contributed by atoms with Gasteiger partial charge in [-0.1, -0.05) is 0 Å². The van der Waals surface area contributed by atoms with Crippen LogP contribution >= 0.6 is 36.9 Å². The van der Waals surface area contributed by atoms with Gasteiger partial charge in [0.05, 0.1) is 5.92 Å². The van der Waals surface area contributed by atoms with Crippen LogP contribution in [0.15, 0.2) is 0 Å². The van der Waals surface area contributed by atoms with Crippen LogP contribution < -0.4 is 0 Å². The predicted octanol–water partition coefficient (Wildman–Crippen LogP) is 1.23. The number of carbonyl (C=O) groups excluding carboxylic acids is 1. The molecule has 0 bridgehead atoms. The van der Waals surface area contributed by atoms with Crippen LogP contribution in [-0.4, -0.2) is 16.7 Å². The average Bonchev–Trinajstić information content (AvgIpc) is 1.69. The van der Waals surface area contributed by atoms with Crippen molar-refractivity contribution in [1.29, 1.82) is 0 Å². The molecule has 0 saturated heterocycles. The molecule has 48 valence electrons. The minimum atomic E-state index is -0.352. The predicted molar refractivity (Wildman–Crippen MR) is 42.1 cm³/mol. The van der Waals surface area contributed by atoms with Crippen molar-refractivity contribution in [2.75, 3.05) is 11.5 Å². The van der Waals surface area contributed by atoms with Crippen molar-refractivity contribution in [2.45, 2.75) is 0 Å². The Bertz CT molecular complexity index is 82.1. The summed E-state index contributed by atoms with van der Waals surface area (Å²) in [5, 5.41) is -0.352. The Hall–Kier alpha value is 0.660. The summed E-state index contributed by atoms with van der Waals surface area (Å²) < 4.78 is 0. The van der Waals surface area contributed by atoms with Crippen molar-refractivity contribution in [2.24, 2.45) is 5.92 Å². The van der Waals surface area contributed by atoms with Crippen molar-refractivity contribution < 1.29 is 4.79 Å². The van der Waals surface area contributed by atoms with Gasteiger partial charge in [-0.15, -0.1) is 0 Å². The molecule has 0 fully saturated rings. The molecule has 0 unspecified atom stereocenters. The molecule has 0 aromatic carbocycles. The number of carbonyl (C=O) groups is 1. The number of halogens is 1. The fourth-order valence-corrected chi connectivity index (χ4v) is 1.36. The van der Waals surface area contributed by atoms with E-state index in [1.54, 1.807) is 0 Å². The van der Waals surface area contributed by atoms with Crippen molar-refractivity contribution >= 4 is 42.1 Å². The van der Waals surface area contributed by atoms with Crippen LogP contribution in [0.1, 0.15) is 0 Å². The highest BCUT2D eigenvalue weighted by atomic mass is 35.5. The minimum absolute atomic E-state index is 0.191. The van der Waals surface area contributed by atoms with E-state index in [4.69, 9.17) is 11.6 Å². The van der Waals surface area contributed by atoms with E-state index in [0.29, 0.717) is 11.5 Å². The molecule has 0 radical (unpaired) electrons. The summed E-state index contributed by atoms with van der Waals surface area (Å²) in [6, 6.07) is 0. The van der Waals surface area contributed by atoms with Crippen molar-refractivity contribution in [3.63, 3.8) is 0 Å². The number of hydrogen-bond acceptors (Lipinski definition) is 3. The summed E-state index contributed by atoms with van der Waals surface area (Å²) in [6.07, 6.45) is 0. The smallest absolute Gasteiger partial charge is 0.226 e. The molecule has 8 heavy (non-hydrogen) atoms. The molecule has 0 atom stereocenters. The van der Waals surface area contributed by atoms with E-state index in [0.717, 1.165) is 0 Å². The second-order valence-electron chi connectivity index (χ2n) is 1.37. The summed E-state index contributed by atoms with van der Waals surface area (Å²) >= 11 is 12.9. The molecule has 0 aromatic heterocycles.